The maximum atomic E-state index is 5.46. The molecule has 1 aromatic carbocycles. The number of anilines is 3. The van der Waals surface area contributed by atoms with E-state index < -0.39 is 0 Å². The van der Waals surface area contributed by atoms with E-state index in [1.54, 1.807) is 0 Å². The van der Waals surface area contributed by atoms with Gasteiger partial charge in [-0.2, -0.15) is 4.98 Å². The Labute approximate surface area is 131 Å². The van der Waals surface area contributed by atoms with Gasteiger partial charge in [0.1, 0.15) is 11.6 Å². The molecule has 0 bridgehead atoms. The largest absolute Gasteiger partial charge is 0.494 e. The summed E-state index contributed by atoms with van der Waals surface area (Å²) in [7, 11) is 0. The molecule has 0 atom stereocenters. The van der Waals surface area contributed by atoms with Gasteiger partial charge in [0, 0.05) is 24.2 Å². The first-order valence-electron chi connectivity index (χ1n) is 7.91. The molecule has 22 heavy (non-hydrogen) atoms. The first-order chi connectivity index (χ1) is 10.8. The Morgan fingerprint density at radius 2 is 1.91 bits per heavy atom. The zero-order valence-corrected chi connectivity index (χ0v) is 13.1. The van der Waals surface area contributed by atoms with Crippen LogP contribution in [-0.4, -0.2) is 23.1 Å². The van der Waals surface area contributed by atoms with Crippen molar-refractivity contribution in [1.29, 1.82) is 0 Å². The van der Waals surface area contributed by atoms with Gasteiger partial charge in [-0.3, -0.25) is 0 Å². The van der Waals surface area contributed by atoms with Crippen molar-refractivity contribution in [2.75, 3.05) is 23.8 Å². The van der Waals surface area contributed by atoms with Crippen LogP contribution in [0.5, 0.6) is 5.75 Å². The summed E-state index contributed by atoms with van der Waals surface area (Å²) < 4.78 is 5.46. The summed E-state index contributed by atoms with van der Waals surface area (Å²) in [6, 6.07) is 9.96. The molecule has 0 amide bonds. The van der Waals surface area contributed by atoms with Crippen LogP contribution in [0.1, 0.15) is 38.3 Å². The van der Waals surface area contributed by atoms with Crippen LogP contribution in [0.2, 0.25) is 0 Å². The van der Waals surface area contributed by atoms with Crippen LogP contribution in [0.3, 0.4) is 0 Å². The minimum Gasteiger partial charge on any atom is -0.494 e. The predicted molar refractivity (Wildman–Crippen MR) is 89.1 cm³/mol. The zero-order valence-electron chi connectivity index (χ0n) is 13.1. The van der Waals surface area contributed by atoms with Crippen molar-refractivity contribution in [3.63, 3.8) is 0 Å². The Morgan fingerprint density at radius 3 is 2.55 bits per heavy atom. The summed E-state index contributed by atoms with van der Waals surface area (Å²) >= 11 is 0. The smallest absolute Gasteiger partial charge is 0.224 e. The first kappa shape index (κ1) is 14.6. The molecule has 5 heteroatoms. The number of rotatable bonds is 7. The van der Waals surface area contributed by atoms with E-state index in [-0.39, 0.29) is 0 Å². The number of hydrogen-bond acceptors (Lipinski definition) is 5. The summed E-state index contributed by atoms with van der Waals surface area (Å²) in [5.74, 6) is 3.00. The van der Waals surface area contributed by atoms with Crippen LogP contribution in [0.4, 0.5) is 17.5 Å². The summed E-state index contributed by atoms with van der Waals surface area (Å²) in [5, 5.41) is 6.55. The predicted octanol–water partition coefficient (Wildman–Crippen LogP) is 3.93. The zero-order chi connectivity index (χ0) is 15.4. The molecule has 116 valence electrons. The third kappa shape index (κ3) is 3.67. The van der Waals surface area contributed by atoms with Gasteiger partial charge < -0.3 is 15.4 Å². The van der Waals surface area contributed by atoms with Crippen molar-refractivity contribution in [2.24, 2.45) is 0 Å². The molecule has 0 radical (unpaired) electrons. The quantitative estimate of drug-likeness (QED) is 0.811. The molecule has 1 aliphatic carbocycles. The molecule has 1 aromatic heterocycles. The molecule has 3 rings (SSSR count). The Balaban J connectivity index is 1.78. The summed E-state index contributed by atoms with van der Waals surface area (Å²) in [6.07, 6.45) is 2.45. The second-order valence-electron chi connectivity index (χ2n) is 5.39. The Morgan fingerprint density at radius 1 is 1.14 bits per heavy atom. The van der Waals surface area contributed by atoms with E-state index in [9.17, 15) is 0 Å². The average molecular weight is 298 g/mol. The van der Waals surface area contributed by atoms with E-state index in [4.69, 9.17) is 4.74 Å². The molecule has 1 aliphatic rings. The summed E-state index contributed by atoms with van der Waals surface area (Å²) in [4.78, 5) is 9.11. The van der Waals surface area contributed by atoms with E-state index >= 15 is 0 Å². The van der Waals surface area contributed by atoms with Crippen LogP contribution in [0, 0.1) is 0 Å². The molecule has 5 nitrogen and oxygen atoms in total. The van der Waals surface area contributed by atoms with Gasteiger partial charge in [0.05, 0.1) is 12.3 Å². The SMILES string of the molecule is CCNc1nc(Nc2ccc(OCC)cc2)cc(C2CC2)n1. The number of ether oxygens (including phenoxy) is 1. The van der Waals surface area contributed by atoms with E-state index in [0.717, 1.165) is 29.5 Å². The fourth-order valence-electron chi connectivity index (χ4n) is 2.30. The molecule has 1 saturated carbocycles. The van der Waals surface area contributed by atoms with Gasteiger partial charge in [-0.15, -0.1) is 0 Å². The Hall–Kier alpha value is -2.30. The van der Waals surface area contributed by atoms with Gasteiger partial charge in [0.25, 0.3) is 0 Å². The van der Waals surface area contributed by atoms with Gasteiger partial charge in [-0.05, 0) is 51.0 Å². The van der Waals surface area contributed by atoms with Crippen molar-refractivity contribution >= 4 is 17.5 Å². The van der Waals surface area contributed by atoms with E-state index in [1.165, 1.54) is 12.8 Å². The van der Waals surface area contributed by atoms with Crippen molar-refractivity contribution in [3.8, 4) is 5.75 Å². The van der Waals surface area contributed by atoms with Crippen LogP contribution < -0.4 is 15.4 Å². The number of nitrogens with zero attached hydrogens (tertiary/aromatic N) is 2. The topological polar surface area (TPSA) is 59.1 Å². The molecule has 1 fully saturated rings. The lowest BCUT2D eigenvalue weighted by molar-refractivity contribution is 0.340. The second-order valence-corrected chi connectivity index (χ2v) is 5.39. The minimum atomic E-state index is 0.598. The Kier molecular flexibility index (Phi) is 4.42. The number of aromatic nitrogens is 2. The highest BCUT2D eigenvalue weighted by molar-refractivity contribution is 5.58. The number of nitrogens with one attached hydrogen (secondary N) is 2. The maximum absolute atomic E-state index is 5.46. The molecule has 2 N–H and O–H groups in total. The Bertz CT molecular complexity index is 623. The highest BCUT2D eigenvalue weighted by atomic mass is 16.5. The van der Waals surface area contributed by atoms with Gasteiger partial charge in [-0.25, -0.2) is 4.98 Å². The van der Waals surface area contributed by atoms with Crippen molar-refractivity contribution in [1.82, 2.24) is 9.97 Å². The van der Waals surface area contributed by atoms with Crippen molar-refractivity contribution in [2.45, 2.75) is 32.6 Å². The third-order valence-corrected chi connectivity index (χ3v) is 3.51. The molecule has 0 spiro atoms. The molecular weight excluding hydrogens is 276 g/mol. The van der Waals surface area contributed by atoms with Crippen LogP contribution in [-0.2, 0) is 0 Å². The number of hydrogen-bond donors (Lipinski definition) is 2. The van der Waals surface area contributed by atoms with E-state index in [0.29, 0.717) is 18.5 Å². The van der Waals surface area contributed by atoms with Gasteiger partial charge in [0.15, 0.2) is 0 Å². The van der Waals surface area contributed by atoms with Crippen LogP contribution in [0.15, 0.2) is 30.3 Å². The standard InChI is InChI=1S/C17H22N4O/c1-3-18-17-20-15(12-5-6-12)11-16(21-17)19-13-7-9-14(10-8-13)22-4-2/h7-12H,3-6H2,1-2H3,(H2,18,19,20,21). The molecule has 2 aromatic rings. The lowest BCUT2D eigenvalue weighted by atomic mass is 10.2. The van der Waals surface area contributed by atoms with Crippen molar-refractivity contribution < 1.29 is 4.74 Å². The first-order valence-corrected chi connectivity index (χ1v) is 7.91. The molecular formula is C17H22N4O. The van der Waals surface area contributed by atoms with Crippen molar-refractivity contribution in [3.05, 3.63) is 36.0 Å². The summed E-state index contributed by atoms with van der Waals surface area (Å²) in [5.41, 5.74) is 2.12. The normalized spacial score (nSPS) is 13.7. The summed E-state index contributed by atoms with van der Waals surface area (Å²) in [6.45, 7) is 5.52. The molecule has 0 aliphatic heterocycles. The second kappa shape index (κ2) is 6.64. The minimum absolute atomic E-state index is 0.598. The van der Waals surface area contributed by atoms with Gasteiger partial charge >= 0.3 is 0 Å². The van der Waals surface area contributed by atoms with E-state index in [2.05, 4.69) is 26.7 Å². The molecule has 1 heterocycles. The molecule has 0 unspecified atom stereocenters. The van der Waals surface area contributed by atoms with Gasteiger partial charge in [0.2, 0.25) is 5.95 Å². The fraction of sp³-hybridized carbons (Fsp3) is 0.412. The highest BCUT2D eigenvalue weighted by Gasteiger charge is 2.26. The van der Waals surface area contributed by atoms with E-state index in [1.807, 2.05) is 38.1 Å². The lowest BCUT2D eigenvalue weighted by Gasteiger charge is -2.11. The number of benzene rings is 1. The molecule has 0 saturated heterocycles. The highest BCUT2D eigenvalue weighted by Crippen LogP contribution is 2.40. The third-order valence-electron chi connectivity index (χ3n) is 3.51. The average Bonchev–Trinajstić information content (AvgIpc) is 3.34. The van der Waals surface area contributed by atoms with Crippen LogP contribution in [0.25, 0.3) is 0 Å². The monoisotopic (exact) mass is 298 g/mol. The van der Waals surface area contributed by atoms with Gasteiger partial charge in [-0.1, -0.05) is 0 Å². The maximum Gasteiger partial charge on any atom is 0.224 e. The van der Waals surface area contributed by atoms with Crippen LogP contribution >= 0.6 is 0 Å². The lowest BCUT2D eigenvalue weighted by Crippen LogP contribution is -2.06. The fourth-order valence-corrected chi connectivity index (χ4v) is 2.30.